The van der Waals surface area contributed by atoms with Crippen LogP contribution in [0.4, 0.5) is 0 Å². The maximum absolute atomic E-state index is 12.1. The predicted molar refractivity (Wildman–Crippen MR) is 99.6 cm³/mol. The normalized spacial score (nSPS) is 16.9. The highest BCUT2D eigenvalue weighted by Crippen LogP contribution is 2.18. The smallest absolute Gasteiger partial charge is 0.269 e. The fourth-order valence-electron chi connectivity index (χ4n) is 2.79. The first-order valence-corrected chi connectivity index (χ1v) is 8.19. The van der Waals surface area contributed by atoms with Crippen LogP contribution in [0.3, 0.4) is 0 Å². The van der Waals surface area contributed by atoms with Gasteiger partial charge in [0, 0.05) is 39.3 Å². The summed E-state index contributed by atoms with van der Waals surface area (Å²) in [6, 6.07) is 8.34. The molecule has 25 heavy (non-hydrogen) atoms. The molecule has 0 saturated heterocycles. The van der Waals surface area contributed by atoms with E-state index in [1.165, 1.54) is 24.3 Å². The number of hydrogen-bond donors (Lipinski definition) is 3. The van der Waals surface area contributed by atoms with Gasteiger partial charge in [-0.3, -0.25) is 14.7 Å². The first kappa shape index (κ1) is 18.8. The molecule has 0 aromatic heterocycles. The van der Waals surface area contributed by atoms with Crippen molar-refractivity contribution >= 4 is 18.3 Å². The van der Waals surface area contributed by atoms with Gasteiger partial charge in [0.05, 0.1) is 6.10 Å². The zero-order valence-electron chi connectivity index (χ0n) is 14.5. The minimum Gasteiger partial charge on any atom is -0.390 e. The highest BCUT2D eigenvalue weighted by atomic mass is 16.3. The monoisotopic (exact) mass is 343 g/mol. The fraction of sp³-hybridized carbons (Fsp3) is 0.389. The Balaban J connectivity index is 1.82. The average molecular weight is 343 g/mol. The van der Waals surface area contributed by atoms with Gasteiger partial charge in [-0.2, -0.15) is 0 Å². The van der Waals surface area contributed by atoms with Gasteiger partial charge in [0.25, 0.3) is 5.91 Å². The number of aliphatic hydroxyl groups is 1. The molecule has 1 aliphatic rings. The molecule has 0 fully saturated rings. The minimum absolute atomic E-state index is 0.114. The lowest BCUT2D eigenvalue weighted by atomic mass is 10.00. The Morgan fingerprint density at radius 3 is 2.88 bits per heavy atom. The van der Waals surface area contributed by atoms with Crippen LogP contribution in [0.2, 0.25) is 0 Å². The third-order valence-corrected chi connectivity index (χ3v) is 4.12. The van der Waals surface area contributed by atoms with Crippen LogP contribution in [0, 0.1) is 0 Å². The van der Waals surface area contributed by atoms with Crippen LogP contribution >= 0.6 is 0 Å². The highest BCUT2D eigenvalue weighted by Gasteiger charge is 2.19. The number of aliphatic hydroxyl groups excluding tert-OH is 1. The van der Waals surface area contributed by atoms with Crippen LogP contribution < -0.4 is 11.1 Å². The van der Waals surface area contributed by atoms with E-state index in [0.717, 1.165) is 19.5 Å². The fourth-order valence-corrected chi connectivity index (χ4v) is 2.79. The maximum atomic E-state index is 12.1. The SMILES string of the molecule is C=N/C(N)=C\C(=N/C)C(=O)NC[C@H](O)CN1CCc2ccccc2C1. The van der Waals surface area contributed by atoms with E-state index in [1.807, 2.05) is 6.07 Å². The second-order valence-corrected chi connectivity index (χ2v) is 5.95. The number of nitrogens with zero attached hydrogens (tertiary/aromatic N) is 3. The molecule has 0 aliphatic carbocycles. The van der Waals surface area contributed by atoms with Crippen molar-refractivity contribution in [3.8, 4) is 0 Å². The maximum Gasteiger partial charge on any atom is 0.269 e. The van der Waals surface area contributed by atoms with Gasteiger partial charge in [-0.25, -0.2) is 4.99 Å². The van der Waals surface area contributed by atoms with Crippen molar-refractivity contribution in [2.75, 3.05) is 26.7 Å². The summed E-state index contributed by atoms with van der Waals surface area (Å²) >= 11 is 0. The zero-order chi connectivity index (χ0) is 18.2. The standard InChI is InChI=1S/C18H25N5O2/c1-20-16(9-17(19)21-2)18(25)22-10-15(24)12-23-8-7-13-5-3-4-6-14(13)11-23/h3-6,9,15,24H,2,7-8,10-12,19H2,1H3,(H,22,25)/b17-9-,20-16+/t15-/m0/s1. The predicted octanol–water partition coefficient (Wildman–Crippen LogP) is 0.0933. The molecule has 1 aliphatic heterocycles. The number of nitrogens with two attached hydrogens (primary N) is 1. The van der Waals surface area contributed by atoms with Crippen LogP contribution in [0.1, 0.15) is 11.1 Å². The van der Waals surface area contributed by atoms with Crippen molar-refractivity contribution in [3.05, 3.63) is 47.3 Å². The van der Waals surface area contributed by atoms with E-state index in [4.69, 9.17) is 5.73 Å². The molecule has 0 bridgehead atoms. The quantitative estimate of drug-likeness (QED) is 0.611. The highest BCUT2D eigenvalue weighted by molar-refractivity contribution is 6.43. The van der Waals surface area contributed by atoms with Crippen molar-refractivity contribution in [1.29, 1.82) is 0 Å². The van der Waals surface area contributed by atoms with Gasteiger partial charge in [-0.05, 0) is 24.3 Å². The number of nitrogens with one attached hydrogen (secondary N) is 1. The Bertz CT molecular complexity index is 684. The Hall–Kier alpha value is -2.51. The van der Waals surface area contributed by atoms with E-state index in [1.54, 1.807) is 0 Å². The number of rotatable bonds is 7. The lowest BCUT2D eigenvalue weighted by Crippen LogP contribution is -2.43. The summed E-state index contributed by atoms with van der Waals surface area (Å²) in [5.74, 6) is -0.291. The summed E-state index contributed by atoms with van der Waals surface area (Å²) in [4.78, 5) is 21.6. The van der Waals surface area contributed by atoms with Crippen molar-refractivity contribution < 1.29 is 9.90 Å². The molecule has 4 N–H and O–H groups in total. The third kappa shape index (κ3) is 5.51. The molecule has 1 aromatic carbocycles. The second kappa shape index (κ2) is 9.10. The molecular weight excluding hydrogens is 318 g/mol. The van der Waals surface area contributed by atoms with E-state index >= 15 is 0 Å². The molecule has 1 atom stereocenters. The third-order valence-electron chi connectivity index (χ3n) is 4.12. The minimum atomic E-state index is -0.661. The molecule has 1 heterocycles. The first-order valence-electron chi connectivity index (χ1n) is 8.19. The lowest BCUT2D eigenvalue weighted by Gasteiger charge is -2.30. The number of hydrogen-bond acceptors (Lipinski definition) is 6. The number of carbonyl (C=O) groups is 1. The number of carbonyl (C=O) groups excluding carboxylic acids is 1. The molecule has 1 amide bonds. The van der Waals surface area contributed by atoms with E-state index in [-0.39, 0.29) is 18.1 Å². The van der Waals surface area contributed by atoms with Gasteiger partial charge < -0.3 is 16.2 Å². The summed E-state index contributed by atoms with van der Waals surface area (Å²) in [5.41, 5.74) is 8.32. The largest absolute Gasteiger partial charge is 0.390 e. The van der Waals surface area contributed by atoms with Gasteiger partial charge in [-0.15, -0.1) is 0 Å². The molecule has 0 spiro atoms. The number of aliphatic imine (C=N–C) groups is 2. The number of benzene rings is 1. The van der Waals surface area contributed by atoms with Crippen molar-refractivity contribution in [2.24, 2.45) is 15.7 Å². The Morgan fingerprint density at radius 1 is 1.48 bits per heavy atom. The van der Waals surface area contributed by atoms with Gasteiger partial charge in [0.2, 0.25) is 0 Å². The van der Waals surface area contributed by atoms with E-state index in [9.17, 15) is 9.90 Å². The van der Waals surface area contributed by atoms with Crippen molar-refractivity contribution in [3.63, 3.8) is 0 Å². The molecule has 2 rings (SSSR count). The second-order valence-electron chi connectivity index (χ2n) is 5.95. The van der Waals surface area contributed by atoms with Gasteiger partial charge in [-0.1, -0.05) is 24.3 Å². The summed E-state index contributed by atoms with van der Waals surface area (Å²) in [7, 11) is 1.49. The van der Waals surface area contributed by atoms with Crippen LogP contribution in [0.15, 0.2) is 46.1 Å². The molecule has 7 heteroatoms. The first-order chi connectivity index (χ1) is 12.0. The Kier molecular flexibility index (Phi) is 6.85. The molecular formula is C18H25N5O2. The molecule has 0 saturated carbocycles. The number of amides is 1. The average Bonchev–Trinajstić information content (AvgIpc) is 2.63. The molecule has 0 unspecified atom stereocenters. The van der Waals surface area contributed by atoms with E-state index < -0.39 is 12.0 Å². The van der Waals surface area contributed by atoms with Crippen LogP contribution in [0.25, 0.3) is 0 Å². The summed E-state index contributed by atoms with van der Waals surface area (Å²) in [5, 5.41) is 12.9. The summed E-state index contributed by atoms with van der Waals surface area (Å²) < 4.78 is 0. The molecule has 1 aromatic rings. The van der Waals surface area contributed by atoms with Gasteiger partial charge in [0.15, 0.2) is 0 Å². The van der Waals surface area contributed by atoms with Gasteiger partial charge in [0.1, 0.15) is 11.5 Å². The van der Waals surface area contributed by atoms with Gasteiger partial charge >= 0.3 is 0 Å². The van der Waals surface area contributed by atoms with E-state index in [2.05, 4.69) is 45.1 Å². The number of β-amino-alcohol motifs (C(OH)–C–C–N with tert-alkyl or cyclic N) is 1. The Morgan fingerprint density at radius 2 is 2.20 bits per heavy atom. The molecule has 0 radical (unpaired) electrons. The van der Waals surface area contributed by atoms with Crippen LogP contribution in [-0.2, 0) is 17.8 Å². The Labute approximate surface area is 148 Å². The number of fused-ring (bicyclic) bond motifs is 1. The van der Waals surface area contributed by atoms with Crippen molar-refractivity contribution in [2.45, 2.75) is 19.1 Å². The lowest BCUT2D eigenvalue weighted by molar-refractivity contribution is -0.115. The molecule has 7 nitrogen and oxygen atoms in total. The zero-order valence-corrected chi connectivity index (χ0v) is 14.5. The van der Waals surface area contributed by atoms with Crippen molar-refractivity contribution in [1.82, 2.24) is 10.2 Å². The molecule has 134 valence electrons. The van der Waals surface area contributed by atoms with E-state index in [0.29, 0.717) is 6.54 Å². The topological polar surface area (TPSA) is 103 Å². The summed E-state index contributed by atoms with van der Waals surface area (Å²) in [6.45, 7) is 5.64. The summed E-state index contributed by atoms with van der Waals surface area (Å²) in [6.07, 6.45) is 1.66. The van der Waals surface area contributed by atoms with Crippen LogP contribution in [0.5, 0.6) is 0 Å². The van der Waals surface area contributed by atoms with Crippen LogP contribution in [-0.4, -0.2) is 61.1 Å².